The van der Waals surface area contributed by atoms with Gasteiger partial charge in [-0.2, -0.15) is 0 Å². The summed E-state index contributed by atoms with van der Waals surface area (Å²) in [5.41, 5.74) is 0.594. The van der Waals surface area contributed by atoms with Crippen molar-refractivity contribution in [3.63, 3.8) is 0 Å². The molecule has 2 heterocycles. The van der Waals surface area contributed by atoms with Crippen molar-refractivity contribution in [1.29, 1.82) is 0 Å². The molecule has 1 aromatic heterocycles. The van der Waals surface area contributed by atoms with Crippen LogP contribution in [0, 0.1) is 5.92 Å². The number of carbonyl (C=O) groups is 2. The van der Waals surface area contributed by atoms with Crippen molar-refractivity contribution in [3.8, 4) is 0 Å². The fraction of sp³-hybridized carbons (Fsp3) is 0.429. The van der Waals surface area contributed by atoms with Gasteiger partial charge in [0, 0.05) is 19.1 Å². The second kappa shape index (κ2) is 9.66. The molecular weight excluding hydrogens is 422 g/mol. The third kappa shape index (κ3) is 5.64. The second-order valence-corrected chi connectivity index (χ2v) is 9.02. The maximum absolute atomic E-state index is 12.4. The lowest BCUT2D eigenvalue weighted by Gasteiger charge is -2.32. The molecule has 7 nitrogen and oxygen atoms in total. The van der Waals surface area contributed by atoms with Gasteiger partial charge in [-0.3, -0.25) is 9.59 Å². The number of hydrogen-bond donors (Lipinski definition) is 2. The van der Waals surface area contributed by atoms with Gasteiger partial charge in [0.05, 0.1) is 22.4 Å². The van der Waals surface area contributed by atoms with Crippen LogP contribution in [0.2, 0.25) is 5.02 Å². The predicted octanol–water partition coefficient (Wildman–Crippen LogP) is 3.36. The standard InChI is InChI=1S/C21H24ClN5O2S/c22-16-5-1-2-6-17(16)24-19(28)13-30-20-10-9-18(25-26-20)27-11-3-4-14(12-27)21(29)23-15-7-8-15/h1-2,5-6,9-10,14-15H,3-4,7-8,11-13H2,(H,23,29)(H,24,28). The van der Waals surface area contributed by atoms with Crippen molar-refractivity contribution in [2.24, 2.45) is 5.92 Å². The number of halogens is 1. The molecule has 1 aromatic carbocycles. The smallest absolute Gasteiger partial charge is 0.234 e. The molecular formula is C21H24ClN5O2S. The summed E-state index contributed by atoms with van der Waals surface area (Å²) in [5, 5.41) is 15.6. The van der Waals surface area contributed by atoms with Crippen molar-refractivity contribution in [2.45, 2.75) is 36.8 Å². The van der Waals surface area contributed by atoms with E-state index in [1.165, 1.54) is 11.8 Å². The number of anilines is 2. The summed E-state index contributed by atoms with van der Waals surface area (Å²) < 4.78 is 0. The molecule has 0 radical (unpaired) electrons. The Hall–Kier alpha value is -2.32. The molecule has 1 aliphatic carbocycles. The second-order valence-electron chi connectivity index (χ2n) is 7.61. The minimum absolute atomic E-state index is 0.00343. The van der Waals surface area contributed by atoms with Crippen LogP contribution >= 0.6 is 23.4 Å². The van der Waals surface area contributed by atoms with Gasteiger partial charge in [0.2, 0.25) is 11.8 Å². The number of piperidine rings is 1. The van der Waals surface area contributed by atoms with Crippen LogP contribution in [-0.4, -0.2) is 46.9 Å². The fourth-order valence-corrected chi connectivity index (χ4v) is 4.19. The van der Waals surface area contributed by atoms with Gasteiger partial charge in [-0.05, 0) is 49.9 Å². The van der Waals surface area contributed by atoms with Crippen LogP contribution in [0.25, 0.3) is 0 Å². The predicted molar refractivity (Wildman–Crippen MR) is 119 cm³/mol. The van der Waals surface area contributed by atoms with E-state index < -0.39 is 0 Å². The van der Waals surface area contributed by atoms with Crippen molar-refractivity contribution in [2.75, 3.05) is 29.1 Å². The number of rotatable bonds is 7. The van der Waals surface area contributed by atoms with Gasteiger partial charge < -0.3 is 15.5 Å². The fourth-order valence-electron chi connectivity index (χ4n) is 3.39. The number of nitrogens with zero attached hydrogens (tertiary/aromatic N) is 3. The zero-order valence-corrected chi connectivity index (χ0v) is 18.1. The van der Waals surface area contributed by atoms with E-state index >= 15 is 0 Å². The molecule has 2 fully saturated rings. The average molecular weight is 446 g/mol. The van der Waals surface area contributed by atoms with Crippen molar-refractivity contribution < 1.29 is 9.59 Å². The summed E-state index contributed by atoms with van der Waals surface area (Å²) in [6, 6.07) is 11.3. The molecule has 9 heteroatoms. The first-order chi connectivity index (χ1) is 14.6. The number of nitrogens with one attached hydrogen (secondary N) is 2. The number of benzene rings is 1. The average Bonchev–Trinajstić information content (AvgIpc) is 3.58. The van der Waals surface area contributed by atoms with E-state index in [-0.39, 0.29) is 23.5 Å². The molecule has 1 saturated heterocycles. The first kappa shape index (κ1) is 20.9. The summed E-state index contributed by atoms with van der Waals surface area (Å²) in [6.07, 6.45) is 4.08. The van der Waals surface area contributed by atoms with Crippen molar-refractivity contribution >= 4 is 46.7 Å². The van der Waals surface area contributed by atoms with E-state index in [2.05, 4.69) is 25.7 Å². The molecule has 2 amide bonds. The highest BCUT2D eigenvalue weighted by molar-refractivity contribution is 7.99. The van der Waals surface area contributed by atoms with E-state index in [1.54, 1.807) is 12.1 Å². The third-order valence-corrected chi connectivity index (χ3v) is 6.41. The van der Waals surface area contributed by atoms with Crippen LogP contribution in [0.3, 0.4) is 0 Å². The summed E-state index contributed by atoms with van der Waals surface area (Å²) in [5.74, 6) is 0.991. The number of para-hydroxylation sites is 1. The molecule has 2 aliphatic rings. The van der Waals surface area contributed by atoms with Crippen molar-refractivity contribution in [3.05, 3.63) is 41.4 Å². The monoisotopic (exact) mass is 445 g/mol. The quantitative estimate of drug-likeness (QED) is 0.635. The Kier molecular flexibility index (Phi) is 6.74. The molecule has 1 aliphatic heterocycles. The minimum Gasteiger partial charge on any atom is -0.354 e. The van der Waals surface area contributed by atoms with Crippen LogP contribution in [-0.2, 0) is 9.59 Å². The van der Waals surface area contributed by atoms with Gasteiger partial charge in [0.15, 0.2) is 5.82 Å². The lowest BCUT2D eigenvalue weighted by atomic mass is 9.97. The SMILES string of the molecule is O=C(CSc1ccc(N2CCCC(C(=O)NC3CC3)C2)nn1)Nc1ccccc1Cl. The molecule has 0 bridgehead atoms. The molecule has 1 atom stereocenters. The molecule has 4 rings (SSSR count). The summed E-state index contributed by atoms with van der Waals surface area (Å²) in [6.45, 7) is 1.54. The summed E-state index contributed by atoms with van der Waals surface area (Å²) in [4.78, 5) is 26.6. The third-order valence-electron chi connectivity index (χ3n) is 5.16. The highest BCUT2D eigenvalue weighted by atomic mass is 35.5. The number of amides is 2. The van der Waals surface area contributed by atoms with Crippen LogP contribution in [0.5, 0.6) is 0 Å². The highest BCUT2D eigenvalue weighted by Gasteiger charge is 2.30. The first-order valence-corrected chi connectivity index (χ1v) is 11.5. The largest absolute Gasteiger partial charge is 0.354 e. The number of aromatic nitrogens is 2. The van der Waals surface area contributed by atoms with E-state index in [9.17, 15) is 9.59 Å². The number of carbonyl (C=O) groups excluding carboxylic acids is 2. The molecule has 2 N–H and O–H groups in total. The van der Waals surface area contributed by atoms with Crippen LogP contribution in [0.4, 0.5) is 11.5 Å². The Morgan fingerprint density at radius 1 is 1.13 bits per heavy atom. The Morgan fingerprint density at radius 3 is 2.70 bits per heavy atom. The van der Waals surface area contributed by atoms with Gasteiger partial charge >= 0.3 is 0 Å². The van der Waals surface area contributed by atoms with E-state index in [0.29, 0.717) is 28.3 Å². The number of thioether (sulfide) groups is 1. The van der Waals surface area contributed by atoms with Gasteiger partial charge in [0.1, 0.15) is 5.03 Å². The molecule has 1 unspecified atom stereocenters. The zero-order chi connectivity index (χ0) is 20.9. The van der Waals surface area contributed by atoms with Gasteiger partial charge in [0.25, 0.3) is 0 Å². The lowest BCUT2D eigenvalue weighted by Crippen LogP contribution is -2.44. The molecule has 158 valence electrons. The van der Waals surface area contributed by atoms with Crippen molar-refractivity contribution in [1.82, 2.24) is 15.5 Å². The molecule has 2 aromatic rings. The normalized spacial score (nSPS) is 18.7. The molecule has 0 spiro atoms. The minimum atomic E-state index is -0.153. The van der Waals surface area contributed by atoms with Gasteiger partial charge in [-0.25, -0.2) is 0 Å². The summed E-state index contributed by atoms with van der Waals surface area (Å²) in [7, 11) is 0. The van der Waals surface area contributed by atoms with Crippen LogP contribution in [0.15, 0.2) is 41.4 Å². The van der Waals surface area contributed by atoms with Gasteiger partial charge in [-0.1, -0.05) is 35.5 Å². The number of hydrogen-bond acceptors (Lipinski definition) is 6. The van der Waals surface area contributed by atoms with E-state index in [4.69, 9.17) is 11.6 Å². The topological polar surface area (TPSA) is 87.2 Å². The summed E-state index contributed by atoms with van der Waals surface area (Å²) >= 11 is 7.38. The first-order valence-electron chi connectivity index (χ1n) is 10.1. The van der Waals surface area contributed by atoms with Crippen LogP contribution in [0.1, 0.15) is 25.7 Å². The Labute approximate surface area is 185 Å². The Morgan fingerprint density at radius 2 is 1.97 bits per heavy atom. The lowest BCUT2D eigenvalue weighted by molar-refractivity contribution is -0.125. The maximum Gasteiger partial charge on any atom is 0.234 e. The molecule has 1 saturated carbocycles. The van der Waals surface area contributed by atoms with E-state index in [1.807, 2.05) is 24.3 Å². The van der Waals surface area contributed by atoms with Gasteiger partial charge in [-0.15, -0.1) is 10.2 Å². The zero-order valence-electron chi connectivity index (χ0n) is 16.5. The molecule has 30 heavy (non-hydrogen) atoms. The Bertz CT molecular complexity index is 907. The highest BCUT2D eigenvalue weighted by Crippen LogP contribution is 2.25. The Balaban J connectivity index is 1.27. The maximum atomic E-state index is 12.4. The van der Waals surface area contributed by atoms with Crippen LogP contribution < -0.4 is 15.5 Å². The van der Waals surface area contributed by atoms with E-state index in [0.717, 1.165) is 38.0 Å².